The molecule has 0 aromatic rings. The number of rotatable bonds is 1. The summed E-state index contributed by atoms with van der Waals surface area (Å²) in [5.41, 5.74) is 1.89. The fourth-order valence-electron chi connectivity index (χ4n) is 1.76. The van der Waals surface area contributed by atoms with Crippen LogP contribution in [0.25, 0.3) is 0 Å². The summed E-state index contributed by atoms with van der Waals surface area (Å²) in [7, 11) is 0. The number of hydrogen-bond acceptors (Lipinski definition) is 2. The zero-order chi connectivity index (χ0) is 10.0. The number of hydrogen-bond donors (Lipinski definition) is 0. The van der Waals surface area contributed by atoms with Crippen molar-refractivity contribution in [1.29, 1.82) is 0 Å². The lowest BCUT2D eigenvalue weighted by Crippen LogP contribution is -2.29. The summed E-state index contributed by atoms with van der Waals surface area (Å²) in [6, 6.07) is 0. The minimum Gasteiger partial charge on any atom is -0.455 e. The second kappa shape index (κ2) is 3.77. The number of carbonyl (C=O) groups excluding carboxylic acids is 1. The summed E-state index contributed by atoms with van der Waals surface area (Å²) >= 11 is 0. The third-order valence-corrected chi connectivity index (χ3v) is 2.36. The van der Waals surface area contributed by atoms with Gasteiger partial charge in [-0.3, -0.25) is 0 Å². The third-order valence-electron chi connectivity index (χ3n) is 2.36. The second-order valence-electron chi connectivity index (χ2n) is 3.73. The Morgan fingerprint density at radius 3 is 2.62 bits per heavy atom. The first-order valence-electron chi connectivity index (χ1n) is 4.57. The molecule has 0 N–H and O–H groups in total. The van der Waals surface area contributed by atoms with Crippen molar-refractivity contribution in [3.63, 3.8) is 0 Å². The maximum atomic E-state index is 11.5. The van der Waals surface area contributed by atoms with Crippen molar-refractivity contribution in [3.05, 3.63) is 23.8 Å². The Kier molecular flexibility index (Phi) is 2.91. The molecule has 0 spiro atoms. The highest BCUT2D eigenvalue weighted by atomic mass is 16.5. The van der Waals surface area contributed by atoms with E-state index < -0.39 is 0 Å². The fourth-order valence-corrected chi connectivity index (χ4v) is 1.76. The SMILES string of the molecule is C=CC1CC(C)C(=C(C)C)C(=O)O1. The van der Waals surface area contributed by atoms with Crippen LogP contribution in [-0.4, -0.2) is 12.1 Å². The van der Waals surface area contributed by atoms with Gasteiger partial charge in [0.1, 0.15) is 6.10 Å². The Balaban J connectivity index is 2.89. The molecule has 0 aliphatic carbocycles. The molecule has 1 heterocycles. The maximum Gasteiger partial charge on any atom is 0.334 e. The van der Waals surface area contributed by atoms with Crippen molar-refractivity contribution < 1.29 is 9.53 Å². The molecule has 0 bridgehead atoms. The van der Waals surface area contributed by atoms with Crippen molar-refractivity contribution in [1.82, 2.24) is 0 Å². The van der Waals surface area contributed by atoms with Crippen LogP contribution in [0.2, 0.25) is 0 Å². The zero-order valence-electron chi connectivity index (χ0n) is 8.46. The van der Waals surface area contributed by atoms with Gasteiger partial charge in [-0.2, -0.15) is 0 Å². The Labute approximate surface area is 79.3 Å². The Bertz CT molecular complexity index is 259. The van der Waals surface area contributed by atoms with Crippen molar-refractivity contribution in [2.75, 3.05) is 0 Å². The second-order valence-corrected chi connectivity index (χ2v) is 3.73. The van der Waals surface area contributed by atoms with Crippen molar-refractivity contribution in [3.8, 4) is 0 Å². The molecule has 2 heteroatoms. The molecular weight excluding hydrogens is 164 g/mol. The molecule has 1 aliphatic heterocycles. The number of ether oxygens (including phenoxy) is 1. The molecule has 0 radical (unpaired) electrons. The summed E-state index contributed by atoms with van der Waals surface area (Å²) < 4.78 is 5.16. The molecule has 0 amide bonds. The number of esters is 1. The first kappa shape index (κ1) is 10.0. The molecular formula is C11H16O2. The standard InChI is InChI=1S/C11H16O2/c1-5-9-6-8(4)10(7(2)3)11(12)13-9/h5,8-9H,1,6H2,2-4H3. The summed E-state index contributed by atoms with van der Waals surface area (Å²) in [5, 5.41) is 0. The van der Waals surface area contributed by atoms with Crippen LogP contribution in [0.3, 0.4) is 0 Å². The normalized spacial score (nSPS) is 28.2. The van der Waals surface area contributed by atoms with Crippen LogP contribution >= 0.6 is 0 Å². The average molecular weight is 180 g/mol. The average Bonchev–Trinajstić information content (AvgIpc) is 2.02. The van der Waals surface area contributed by atoms with Crippen LogP contribution in [0.4, 0.5) is 0 Å². The van der Waals surface area contributed by atoms with Crippen molar-refractivity contribution in [2.24, 2.45) is 5.92 Å². The largest absolute Gasteiger partial charge is 0.455 e. The fraction of sp³-hybridized carbons (Fsp3) is 0.545. The van der Waals surface area contributed by atoms with E-state index in [0.29, 0.717) is 0 Å². The molecule has 0 aromatic heterocycles. The van der Waals surface area contributed by atoms with Crippen LogP contribution in [0.5, 0.6) is 0 Å². The predicted molar refractivity (Wildman–Crippen MR) is 52.2 cm³/mol. The molecule has 0 saturated carbocycles. The molecule has 2 nitrogen and oxygen atoms in total. The smallest absolute Gasteiger partial charge is 0.334 e. The zero-order valence-corrected chi connectivity index (χ0v) is 8.46. The topological polar surface area (TPSA) is 26.3 Å². The van der Waals surface area contributed by atoms with Crippen LogP contribution in [0.1, 0.15) is 27.2 Å². The van der Waals surface area contributed by atoms with Crippen LogP contribution in [0.15, 0.2) is 23.8 Å². The number of carbonyl (C=O) groups is 1. The minimum absolute atomic E-state index is 0.106. The quantitative estimate of drug-likeness (QED) is 0.352. The summed E-state index contributed by atoms with van der Waals surface area (Å²) in [6.07, 6.45) is 2.44. The van der Waals surface area contributed by atoms with Crippen LogP contribution in [0, 0.1) is 5.92 Å². The molecule has 1 fully saturated rings. The summed E-state index contributed by atoms with van der Waals surface area (Å²) in [5.74, 6) is 0.109. The van der Waals surface area contributed by atoms with Gasteiger partial charge in [0.05, 0.1) is 0 Å². The molecule has 1 saturated heterocycles. The van der Waals surface area contributed by atoms with E-state index in [2.05, 4.69) is 13.5 Å². The lowest BCUT2D eigenvalue weighted by Gasteiger charge is -2.27. The molecule has 1 rings (SSSR count). The predicted octanol–water partition coefficient (Wildman–Crippen LogP) is 2.46. The van der Waals surface area contributed by atoms with E-state index in [1.54, 1.807) is 6.08 Å². The molecule has 13 heavy (non-hydrogen) atoms. The lowest BCUT2D eigenvalue weighted by atomic mass is 9.89. The monoisotopic (exact) mass is 180 g/mol. The molecule has 72 valence electrons. The van der Waals surface area contributed by atoms with E-state index in [1.165, 1.54) is 0 Å². The third kappa shape index (κ3) is 2.00. The first-order valence-corrected chi connectivity index (χ1v) is 4.57. The first-order chi connectivity index (χ1) is 6.06. The Morgan fingerprint density at radius 1 is 1.62 bits per heavy atom. The van der Waals surface area contributed by atoms with E-state index in [1.807, 2.05) is 13.8 Å². The highest BCUT2D eigenvalue weighted by Gasteiger charge is 2.29. The Morgan fingerprint density at radius 2 is 2.23 bits per heavy atom. The minimum atomic E-state index is -0.177. The van der Waals surface area contributed by atoms with Gasteiger partial charge >= 0.3 is 5.97 Å². The maximum absolute atomic E-state index is 11.5. The lowest BCUT2D eigenvalue weighted by molar-refractivity contribution is -0.146. The van der Waals surface area contributed by atoms with Gasteiger partial charge in [-0.1, -0.05) is 25.2 Å². The van der Waals surface area contributed by atoms with Gasteiger partial charge in [0.25, 0.3) is 0 Å². The van der Waals surface area contributed by atoms with Gasteiger partial charge in [0.15, 0.2) is 0 Å². The highest BCUT2D eigenvalue weighted by Crippen LogP contribution is 2.28. The van der Waals surface area contributed by atoms with E-state index in [0.717, 1.165) is 17.6 Å². The van der Waals surface area contributed by atoms with Crippen molar-refractivity contribution in [2.45, 2.75) is 33.3 Å². The van der Waals surface area contributed by atoms with E-state index in [9.17, 15) is 4.79 Å². The van der Waals surface area contributed by atoms with Crippen LogP contribution in [-0.2, 0) is 9.53 Å². The molecule has 0 aromatic carbocycles. The number of allylic oxidation sites excluding steroid dienone is 1. The highest BCUT2D eigenvalue weighted by molar-refractivity contribution is 5.90. The van der Waals surface area contributed by atoms with Crippen molar-refractivity contribution >= 4 is 5.97 Å². The van der Waals surface area contributed by atoms with Gasteiger partial charge in [0, 0.05) is 5.57 Å². The van der Waals surface area contributed by atoms with E-state index in [-0.39, 0.29) is 18.0 Å². The molecule has 2 atom stereocenters. The van der Waals surface area contributed by atoms with Crippen LogP contribution < -0.4 is 0 Å². The summed E-state index contributed by atoms with van der Waals surface area (Å²) in [6.45, 7) is 9.58. The van der Waals surface area contributed by atoms with Gasteiger partial charge in [-0.05, 0) is 26.2 Å². The van der Waals surface area contributed by atoms with Gasteiger partial charge in [-0.25, -0.2) is 4.79 Å². The number of cyclic esters (lactones) is 1. The van der Waals surface area contributed by atoms with Gasteiger partial charge < -0.3 is 4.74 Å². The Hall–Kier alpha value is -1.05. The molecule has 2 unspecified atom stereocenters. The summed E-state index contributed by atoms with van der Waals surface area (Å²) in [4.78, 5) is 11.5. The van der Waals surface area contributed by atoms with Gasteiger partial charge in [0.2, 0.25) is 0 Å². The van der Waals surface area contributed by atoms with Gasteiger partial charge in [-0.15, -0.1) is 0 Å². The van der Waals surface area contributed by atoms with E-state index >= 15 is 0 Å². The molecule has 1 aliphatic rings. The van der Waals surface area contributed by atoms with E-state index in [4.69, 9.17) is 4.74 Å².